The lowest BCUT2D eigenvalue weighted by Gasteiger charge is -2.10. The number of aryl methyl sites for hydroxylation is 3. The van der Waals surface area contributed by atoms with E-state index in [-0.39, 0.29) is 0 Å². The fourth-order valence-electron chi connectivity index (χ4n) is 3.94. The van der Waals surface area contributed by atoms with E-state index >= 15 is 0 Å². The summed E-state index contributed by atoms with van der Waals surface area (Å²) in [5, 5.41) is 4.57. The molecule has 3 nitrogen and oxygen atoms in total. The lowest BCUT2D eigenvalue weighted by Crippen LogP contribution is -2.30. The van der Waals surface area contributed by atoms with E-state index in [2.05, 4.69) is 84.3 Å². The van der Waals surface area contributed by atoms with Gasteiger partial charge in [0.2, 0.25) is 11.4 Å². The van der Waals surface area contributed by atoms with Crippen molar-refractivity contribution in [1.29, 1.82) is 0 Å². The van der Waals surface area contributed by atoms with Crippen LogP contribution in [0.5, 0.6) is 0 Å². The van der Waals surface area contributed by atoms with Crippen molar-refractivity contribution in [2.75, 3.05) is 0 Å². The smallest absolute Gasteiger partial charge is 0.227 e. The predicted octanol–water partition coefficient (Wildman–Crippen LogP) is 5.24. The van der Waals surface area contributed by atoms with Gasteiger partial charge in [-0.1, -0.05) is 24.3 Å². The number of hydrogen-bond donors (Lipinski definition) is 0. The molecule has 3 heterocycles. The van der Waals surface area contributed by atoms with Crippen LogP contribution in [0.25, 0.3) is 44.1 Å². The minimum atomic E-state index is 0.704. The summed E-state index contributed by atoms with van der Waals surface area (Å²) in [6, 6.07) is 18.9. The molecule has 0 fully saturated rings. The van der Waals surface area contributed by atoms with Crippen molar-refractivity contribution < 1.29 is 8.98 Å². The second-order valence-electron chi connectivity index (χ2n) is 6.85. The molecule has 2 aromatic carbocycles. The van der Waals surface area contributed by atoms with Crippen LogP contribution in [0.1, 0.15) is 11.3 Å². The molecular weight excluding hydrogens is 320 g/mol. The zero-order valence-corrected chi connectivity index (χ0v) is 15.1. The Morgan fingerprint density at radius 2 is 1.62 bits per heavy atom. The third-order valence-electron chi connectivity index (χ3n) is 5.21. The Bertz CT molecular complexity index is 1310. The molecule has 0 unspecified atom stereocenters. The van der Waals surface area contributed by atoms with E-state index in [1.54, 1.807) is 0 Å². The average Bonchev–Trinajstić information content (AvgIpc) is 3.02. The standard InChI is InChI=1S/C23H19N2O/c1-14-11-12-18-21-20(19-10-6-7-13-25(19)3)15(2)16-8-4-5-9-17(16)22(21)26-23(18)24-14/h4-13H,1-3H3/q+1. The highest BCUT2D eigenvalue weighted by atomic mass is 16.3. The van der Waals surface area contributed by atoms with E-state index in [9.17, 15) is 0 Å². The van der Waals surface area contributed by atoms with Crippen LogP contribution in [0.4, 0.5) is 0 Å². The maximum atomic E-state index is 6.28. The number of pyridine rings is 2. The van der Waals surface area contributed by atoms with Crippen molar-refractivity contribution >= 4 is 32.8 Å². The molecule has 0 amide bonds. The average molecular weight is 339 g/mol. The summed E-state index contributed by atoms with van der Waals surface area (Å²) in [7, 11) is 2.08. The zero-order valence-electron chi connectivity index (χ0n) is 15.1. The minimum absolute atomic E-state index is 0.704. The second kappa shape index (κ2) is 5.40. The molecule has 0 atom stereocenters. The van der Waals surface area contributed by atoms with Gasteiger partial charge in [-0.3, -0.25) is 0 Å². The molecule has 0 aliphatic carbocycles. The molecule has 0 radical (unpaired) electrons. The first-order chi connectivity index (χ1) is 12.6. The van der Waals surface area contributed by atoms with E-state index in [1.807, 2.05) is 6.92 Å². The van der Waals surface area contributed by atoms with Crippen molar-refractivity contribution in [1.82, 2.24) is 4.98 Å². The minimum Gasteiger partial charge on any atom is -0.437 e. The second-order valence-corrected chi connectivity index (χ2v) is 6.85. The lowest BCUT2D eigenvalue weighted by molar-refractivity contribution is -0.660. The summed E-state index contributed by atoms with van der Waals surface area (Å²) < 4.78 is 8.45. The summed E-state index contributed by atoms with van der Waals surface area (Å²) in [6.45, 7) is 4.19. The topological polar surface area (TPSA) is 29.9 Å². The van der Waals surface area contributed by atoms with Crippen LogP contribution in [-0.4, -0.2) is 4.98 Å². The van der Waals surface area contributed by atoms with Crippen LogP contribution in [0, 0.1) is 13.8 Å². The van der Waals surface area contributed by atoms with Crippen molar-refractivity contribution in [3.05, 3.63) is 72.1 Å². The Balaban J connectivity index is 2.10. The normalized spacial score (nSPS) is 11.7. The Hall–Kier alpha value is -3.20. The van der Waals surface area contributed by atoms with Crippen molar-refractivity contribution in [2.24, 2.45) is 7.05 Å². The van der Waals surface area contributed by atoms with E-state index in [0.717, 1.165) is 27.4 Å². The Labute approximate surface area is 151 Å². The molecule has 0 spiro atoms. The molecular formula is C23H19N2O+. The monoisotopic (exact) mass is 339 g/mol. The van der Waals surface area contributed by atoms with E-state index in [1.165, 1.54) is 22.2 Å². The number of nitrogens with zero attached hydrogens (tertiary/aromatic N) is 2. The Morgan fingerprint density at radius 1 is 0.846 bits per heavy atom. The summed E-state index contributed by atoms with van der Waals surface area (Å²) in [5.74, 6) is 0. The third-order valence-corrected chi connectivity index (χ3v) is 5.21. The van der Waals surface area contributed by atoms with Crippen LogP contribution in [-0.2, 0) is 7.05 Å². The van der Waals surface area contributed by atoms with Gasteiger partial charge in [-0.15, -0.1) is 0 Å². The highest BCUT2D eigenvalue weighted by Gasteiger charge is 2.23. The molecule has 126 valence electrons. The van der Waals surface area contributed by atoms with Gasteiger partial charge in [-0.25, -0.2) is 9.55 Å². The van der Waals surface area contributed by atoms with Crippen molar-refractivity contribution in [3.8, 4) is 11.3 Å². The largest absolute Gasteiger partial charge is 0.437 e. The number of benzene rings is 2. The zero-order chi connectivity index (χ0) is 17.8. The van der Waals surface area contributed by atoms with Gasteiger partial charge in [0.25, 0.3) is 0 Å². The molecule has 3 heteroatoms. The first-order valence-electron chi connectivity index (χ1n) is 8.81. The molecule has 26 heavy (non-hydrogen) atoms. The van der Waals surface area contributed by atoms with Crippen LogP contribution in [0.2, 0.25) is 0 Å². The maximum absolute atomic E-state index is 6.28. The summed E-state index contributed by atoms with van der Waals surface area (Å²) in [4.78, 5) is 4.63. The number of hydrogen-bond acceptors (Lipinski definition) is 2. The molecule has 5 rings (SSSR count). The Morgan fingerprint density at radius 3 is 2.42 bits per heavy atom. The molecule has 0 N–H and O–H groups in total. The fraction of sp³-hybridized carbons (Fsp3) is 0.130. The summed E-state index contributed by atoms with van der Waals surface area (Å²) in [6.07, 6.45) is 2.08. The number of rotatable bonds is 1. The van der Waals surface area contributed by atoms with Gasteiger partial charge in [-0.05, 0) is 43.0 Å². The van der Waals surface area contributed by atoms with Crippen LogP contribution < -0.4 is 4.57 Å². The quantitative estimate of drug-likeness (QED) is 0.391. The number of aromatic nitrogens is 2. The van der Waals surface area contributed by atoms with Crippen LogP contribution >= 0.6 is 0 Å². The van der Waals surface area contributed by atoms with Gasteiger partial charge in [0.15, 0.2) is 6.20 Å². The maximum Gasteiger partial charge on any atom is 0.227 e. The van der Waals surface area contributed by atoms with Crippen LogP contribution in [0.3, 0.4) is 0 Å². The third kappa shape index (κ3) is 2.00. The number of furan rings is 1. The van der Waals surface area contributed by atoms with Crippen molar-refractivity contribution in [3.63, 3.8) is 0 Å². The summed E-state index contributed by atoms with van der Waals surface area (Å²) in [5.41, 5.74) is 6.23. The number of fused-ring (bicyclic) bond motifs is 5. The van der Waals surface area contributed by atoms with E-state index < -0.39 is 0 Å². The van der Waals surface area contributed by atoms with Crippen molar-refractivity contribution in [2.45, 2.75) is 13.8 Å². The SMILES string of the molecule is Cc1ccc2c(n1)oc1c3ccccc3c(C)c(-c3cccc[n+]3C)c21. The molecule has 5 aromatic rings. The highest BCUT2D eigenvalue weighted by Crippen LogP contribution is 2.42. The molecule has 0 bridgehead atoms. The van der Waals surface area contributed by atoms with Gasteiger partial charge in [-0.2, -0.15) is 0 Å². The molecule has 0 saturated heterocycles. The fourth-order valence-corrected chi connectivity index (χ4v) is 3.94. The highest BCUT2D eigenvalue weighted by molar-refractivity contribution is 6.21. The van der Waals surface area contributed by atoms with Gasteiger partial charge < -0.3 is 4.42 Å². The van der Waals surface area contributed by atoms with Crippen LogP contribution in [0.15, 0.2) is 65.2 Å². The van der Waals surface area contributed by atoms with E-state index in [0.29, 0.717) is 5.71 Å². The van der Waals surface area contributed by atoms with Gasteiger partial charge >= 0.3 is 0 Å². The van der Waals surface area contributed by atoms with Gasteiger partial charge in [0.1, 0.15) is 12.6 Å². The predicted molar refractivity (Wildman–Crippen MR) is 105 cm³/mol. The molecule has 0 aliphatic heterocycles. The molecule has 0 saturated carbocycles. The molecule has 0 aliphatic rings. The summed E-state index contributed by atoms with van der Waals surface area (Å²) >= 11 is 0. The van der Waals surface area contributed by atoms with Gasteiger partial charge in [0, 0.05) is 34.0 Å². The Kier molecular flexibility index (Phi) is 3.13. The van der Waals surface area contributed by atoms with E-state index in [4.69, 9.17) is 4.42 Å². The van der Waals surface area contributed by atoms with Gasteiger partial charge in [0.05, 0.1) is 5.56 Å². The molecule has 3 aromatic heterocycles. The first kappa shape index (κ1) is 15.1. The lowest BCUT2D eigenvalue weighted by atomic mass is 9.92. The first-order valence-corrected chi connectivity index (χ1v) is 8.81.